The fourth-order valence-electron chi connectivity index (χ4n) is 4.77. The highest BCUT2D eigenvalue weighted by atomic mass is 19.1. The van der Waals surface area contributed by atoms with Crippen LogP contribution in [-0.2, 0) is 33.9 Å². The highest BCUT2D eigenvalue weighted by molar-refractivity contribution is 6.06. The van der Waals surface area contributed by atoms with Crippen LogP contribution in [0.2, 0.25) is 0 Å². The number of carbonyl (C=O) groups is 3. The van der Waals surface area contributed by atoms with Crippen LogP contribution < -0.4 is 10.6 Å². The summed E-state index contributed by atoms with van der Waals surface area (Å²) in [5.41, 5.74) is 0.814. The average Bonchev–Trinajstić information content (AvgIpc) is 3.08. The van der Waals surface area contributed by atoms with E-state index >= 15 is 4.39 Å². The van der Waals surface area contributed by atoms with Gasteiger partial charge in [0.05, 0.1) is 14.9 Å². The number of hydrogen-bond acceptors (Lipinski definition) is 6. The molecule has 2 N–H and O–H groups in total. The van der Waals surface area contributed by atoms with Crippen molar-refractivity contribution in [2.45, 2.75) is 64.4 Å². The van der Waals surface area contributed by atoms with Gasteiger partial charge in [0.2, 0.25) is 11.8 Å². The first-order valence-electron chi connectivity index (χ1n) is 14.8. The van der Waals surface area contributed by atoms with Gasteiger partial charge in [-0.1, -0.05) is 18.2 Å². The molecule has 36 heavy (non-hydrogen) atoms. The predicted octanol–water partition coefficient (Wildman–Crippen LogP) is 2.81. The van der Waals surface area contributed by atoms with Crippen LogP contribution in [0.25, 0.3) is 0 Å². The van der Waals surface area contributed by atoms with Gasteiger partial charge in [0, 0.05) is 66.9 Å². The topological polar surface area (TPSA) is 91.0 Å². The minimum absolute atomic E-state index is 0.0692. The molecule has 0 bridgehead atoms. The summed E-state index contributed by atoms with van der Waals surface area (Å²) in [5, 5.41) is 4.68. The number of hydrogen-bond donors (Lipinski definition) is 2. The Hall–Kier alpha value is -3.30. The van der Waals surface area contributed by atoms with E-state index in [0.717, 1.165) is 18.7 Å². The number of ether oxygens (including phenoxy) is 1. The summed E-state index contributed by atoms with van der Waals surface area (Å²) >= 11 is 0. The first kappa shape index (κ1) is 18.0. The zero-order valence-electron chi connectivity index (χ0n) is 25.9. The van der Waals surface area contributed by atoms with Gasteiger partial charge in [0.1, 0.15) is 11.9 Å². The van der Waals surface area contributed by atoms with Crippen molar-refractivity contribution < 1.29 is 31.7 Å². The van der Waals surface area contributed by atoms with Gasteiger partial charge in [-0.2, -0.15) is 0 Å². The van der Waals surface area contributed by atoms with E-state index in [1.807, 2.05) is 19.9 Å². The van der Waals surface area contributed by atoms with Crippen LogP contribution in [0.5, 0.6) is 0 Å². The minimum atomic E-state index is -3.24. The second-order valence-corrected chi connectivity index (χ2v) is 9.24. The van der Waals surface area contributed by atoms with Gasteiger partial charge < -0.3 is 15.0 Å². The van der Waals surface area contributed by atoms with Crippen LogP contribution >= 0.6 is 0 Å². The van der Waals surface area contributed by atoms with Gasteiger partial charge in [-0.3, -0.25) is 24.6 Å². The molecule has 3 unspecified atom stereocenters. The maximum absolute atomic E-state index is 15.1. The standard InChI is InChI=1S/C27H31FN4O4/c1-16-12-31(13-17(2)36-16)14-18-6-7-19(22(28)10-18)11-29-23-5-3-4-20-21(23)15-32(27(20)35)24-8-9-25(33)30-26(24)34/h3-7,10,16-17,24,29H,8-9,11-15H2,1-2H3,(H,30,33,34)/i8D2,9D2,15D2. The van der Waals surface area contributed by atoms with E-state index in [0.29, 0.717) is 11.4 Å². The van der Waals surface area contributed by atoms with Crippen LogP contribution in [0.15, 0.2) is 36.4 Å². The van der Waals surface area contributed by atoms with E-state index in [4.69, 9.17) is 13.0 Å². The smallest absolute Gasteiger partial charge is 0.255 e. The fraction of sp³-hybridized carbons (Fsp3) is 0.444. The summed E-state index contributed by atoms with van der Waals surface area (Å²) in [6.45, 7) is 3.16. The number of amides is 3. The number of rotatable bonds is 6. The number of morpholine rings is 1. The van der Waals surface area contributed by atoms with E-state index in [2.05, 4.69) is 10.2 Å². The molecule has 0 aromatic heterocycles. The lowest BCUT2D eigenvalue weighted by atomic mass is 10.0. The predicted molar refractivity (Wildman–Crippen MR) is 131 cm³/mol. The molecule has 3 atom stereocenters. The quantitative estimate of drug-likeness (QED) is 0.593. The largest absolute Gasteiger partial charge is 0.381 e. The lowest BCUT2D eigenvalue weighted by Gasteiger charge is -2.35. The summed E-state index contributed by atoms with van der Waals surface area (Å²) in [5.74, 6) is -4.36. The van der Waals surface area contributed by atoms with Crippen molar-refractivity contribution in [1.29, 1.82) is 0 Å². The van der Waals surface area contributed by atoms with Crippen molar-refractivity contribution >= 4 is 23.4 Å². The molecule has 5 rings (SSSR count). The molecule has 2 aromatic rings. The van der Waals surface area contributed by atoms with Crippen LogP contribution in [-0.4, -0.2) is 58.9 Å². The second kappa shape index (κ2) is 9.99. The molecule has 2 fully saturated rings. The van der Waals surface area contributed by atoms with Crippen LogP contribution in [0, 0.1) is 5.82 Å². The van der Waals surface area contributed by atoms with Crippen molar-refractivity contribution in [3.8, 4) is 0 Å². The zero-order chi connectivity index (χ0) is 30.8. The highest BCUT2D eigenvalue weighted by Gasteiger charge is 2.39. The van der Waals surface area contributed by atoms with Gasteiger partial charge >= 0.3 is 0 Å². The van der Waals surface area contributed by atoms with Gasteiger partial charge in [-0.05, 0) is 44.0 Å². The third kappa shape index (κ3) is 4.99. The van der Waals surface area contributed by atoms with E-state index in [1.54, 1.807) is 11.4 Å². The Kier molecular flexibility index (Phi) is 5.00. The third-order valence-electron chi connectivity index (χ3n) is 6.30. The lowest BCUT2D eigenvalue weighted by Crippen LogP contribution is -2.52. The van der Waals surface area contributed by atoms with Gasteiger partial charge in [-0.25, -0.2) is 4.39 Å². The number of nitrogens with zero attached hydrogens (tertiary/aromatic N) is 2. The number of carbonyl (C=O) groups excluding carboxylic acids is 3. The van der Waals surface area contributed by atoms with Crippen LogP contribution in [0.3, 0.4) is 0 Å². The Morgan fingerprint density at radius 3 is 2.69 bits per heavy atom. The highest BCUT2D eigenvalue weighted by Crippen LogP contribution is 2.32. The van der Waals surface area contributed by atoms with Gasteiger partial charge in [-0.15, -0.1) is 0 Å². The maximum atomic E-state index is 15.1. The summed E-state index contributed by atoms with van der Waals surface area (Å²) in [6, 6.07) is 6.83. The molecule has 8 nitrogen and oxygen atoms in total. The molecule has 9 heteroatoms. The molecule has 190 valence electrons. The summed E-state index contributed by atoms with van der Waals surface area (Å²) in [4.78, 5) is 40.7. The van der Waals surface area contributed by atoms with Gasteiger partial charge in [0.15, 0.2) is 0 Å². The van der Waals surface area contributed by atoms with Crippen molar-refractivity contribution in [2.24, 2.45) is 0 Å². The first-order valence-corrected chi connectivity index (χ1v) is 11.8. The SMILES string of the molecule is [2H]C1([2H])c2c(NCc3ccc(CN4CC(C)OC(C)C4)cc3F)cccc2C(=O)N1C1C(=O)NC(=O)C([2H])([2H])C1([2H])[2H]. The molecular formula is C27H31FN4O4. The molecule has 0 saturated carbocycles. The number of nitrogens with one attached hydrogen (secondary N) is 2. The Balaban J connectivity index is 1.37. The Bertz CT molecular complexity index is 1450. The average molecular weight is 501 g/mol. The van der Waals surface area contributed by atoms with E-state index in [9.17, 15) is 14.4 Å². The van der Waals surface area contributed by atoms with Gasteiger partial charge in [0.25, 0.3) is 5.91 Å². The maximum Gasteiger partial charge on any atom is 0.255 e. The summed E-state index contributed by atoms with van der Waals surface area (Å²) in [6.07, 6.45) is -6.31. The number of piperidine rings is 1. The lowest BCUT2D eigenvalue weighted by molar-refractivity contribution is -0.136. The first-order chi connectivity index (χ1) is 19.6. The fourth-order valence-corrected chi connectivity index (χ4v) is 4.77. The number of halogens is 1. The number of benzene rings is 2. The molecule has 3 heterocycles. The summed E-state index contributed by atoms with van der Waals surface area (Å²) in [7, 11) is 0. The Morgan fingerprint density at radius 2 is 1.94 bits per heavy atom. The molecule has 3 amide bonds. The van der Waals surface area contributed by atoms with Crippen LogP contribution in [0.4, 0.5) is 10.1 Å². The normalized spacial score (nSPS) is 31.2. The van der Waals surface area contributed by atoms with Crippen LogP contribution in [0.1, 0.15) is 61.9 Å². The van der Waals surface area contributed by atoms with E-state index in [1.165, 1.54) is 24.3 Å². The summed E-state index contributed by atoms with van der Waals surface area (Å²) < 4.78 is 70.8. The molecule has 3 aliphatic heterocycles. The molecule has 0 aliphatic carbocycles. The molecule has 0 spiro atoms. The molecule has 3 aliphatic rings. The minimum Gasteiger partial charge on any atom is -0.381 e. The number of imide groups is 1. The Morgan fingerprint density at radius 1 is 1.17 bits per heavy atom. The van der Waals surface area contributed by atoms with E-state index in [-0.39, 0.29) is 41.1 Å². The van der Waals surface area contributed by atoms with E-state index < -0.39 is 48.8 Å². The molecule has 2 saturated heterocycles. The monoisotopic (exact) mass is 500 g/mol. The second-order valence-electron chi connectivity index (χ2n) is 9.24. The van der Waals surface area contributed by atoms with Crippen molar-refractivity contribution in [2.75, 3.05) is 18.4 Å². The molecular weight excluding hydrogens is 463 g/mol. The number of anilines is 1. The third-order valence-corrected chi connectivity index (χ3v) is 6.30. The Labute approximate surface area is 218 Å². The molecule has 0 radical (unpaired) electrons. The van der Waals surface area contributed by atoms with Crippen molar-refractivity contribution in [1.82, 2.24) is 15.1 Å². The molecule has 2 aromatic carbocycles. The van der Waals surface area contributed by atoms with Crippen molar-refractivity contribution in [3.63, 3.8) is 0 Å². The number of fused-ring (bicyclic) bond motifs is 1. The zero-order valence-corrected chi connectivity index (χ0v) is 19.9. The van der Waals surface area contributed by atoms with Crippen molar-refractivity contribution in [3.05, 3.63) is 64.5 Å².